The fraction of sp³-hybridized carbons (Fsp3) is 0.143. The van der Waals surface area contributed by atoms with Gasteiger partial charge in [-0.3, -0.25) is 10.1 Å². The van der Waals surface area contributed by atoms with Gasteiger partial charge in [-0.1, -0.05) is 29.3 Å². The number of hydrazone groups is 1. The third-order valence-electron chi connectivity index (χ3n) is 4.48. The van der Waals surface area contributed by atoms with Crippen molar-refractivity contribution in [3.8, 4) is 17.0 Å². The first-order valence-corrected chi connectivity index (χ1v) is 10.6. The third kappa shape index (κ3) is 5.18. The summed E-state index contributed by atoms with van der Waals surface area (Å²) in [4.78, 5) is 10.9. The number of aryl methyl sites for hydroxylation is 1. The van der Waals surface area contributed by atoms with E-state index in [9.17, 15) is 9.90 Å². The Bertz CT molecular complexity index is 1210. The normalized spacial score (nSPS) is 11.3. The van der Waals surface area contributed by atoms with Crippen LogP contribution >= 0.6 is 35.4 Å². The van der Waals surface area contributed by atoms with E-state index in [4.69, 9.17) is 40.5 Å². The lowest BCUT2D eigenvalue weighted by molar-refractivity contribution is 0.0697. The Labute approximate surface area is 199 Å². The van der Waals surface area contributed by atoms with E-state index < -0.39 is 5.97 Å². The number of halogens is 2. The smallest absolute Gasteiger partial charge is 0.335 e. The molecule has 0 fully saturated rings. The van der Waals surface area contributed by atoms with Gasteiger partial charge in [-0.15, -0.1) is 0 Å². The number of benzene rings is 2. The highest BCUT2D eigenvalue weighted by atomic mass is 35.5. The monoisotopic (exact) mass is 491 g/mol. The molecule has 32 heavy (non-hydrogen) atoms. The number of rotatable bonds is 6. The first-order chi connectivity index (χ1) is 15.2. The van der Waals surface area contributed by atoms with E-state index in [0.717, 1.165) is 0 Å². The maximum absolute atomic E-state index is 10.9. The Balaban J connectivity index is 1.78. The quantitative estimate of drug-likeness (QED) is 0.218. The summed E-state index contributed by atoms with van der Waals surface area (Å²) in [5.41, 5.74) is 5.31. The molecule has 166 valence electrons. The summed E-state index contributed by atoms with van der Waals surface area (Å²) in [5.74, 6) is -1.06. The van der Waals surface area contributed by atoms with Crippen molar-refractivity contribution < 1.29 is 15.0 Å². The van der Waals surface area contributed by atoms with Crippen LogP contribution in [0.5, 0.6) is 5.75 Å². The second-order valence-electron chi connectivity index (χ2n) is 6.64. The van der Waals surface area contributed by atoms with Crippen LogP contribution in [0, 0.1) is 0 Å². The van der Waals surface area contributed by atoms with Crippen LogP contribution < -0.4 is 10.7 Å². The van der Waals surface area contributed by atoms with Crippen molar-refractivity contribution in [3.05, 3.63) is 63.8 Å². The van der Waals surface area contributed by atoms with Crippen molar-refractivity contribution >= 4 is 57.9 Å². The number of nitrogens with one attached hydrogen (secondary N) is 2. The molecule has 11 heteroatoms. The van der Waals surface area contributed by atoms with Gasteiger partial charge in [0.05, 0.1) is 21.3 Å². The van der Waals surface area contributed by atoms with E-state index in [2.05, 4.69) is 20.9 Å². The fourth-order valence-corrected chi connectivity index (χ4v) is 3.36. The Kier molecular flexibility index (Phi) is 7.34. The van der Waals surface area contributed by atoms with Gasteiger partial charge in [-0.25, -0.2) is 4.79 Å². The topological polar surface area (TPSA) is 112 Å². The summed E-state index contributed by atoms with van der Waals surface area (Å²) in [7, 11) is 0. The zero-order valence-electron chi connectivity index (χ0n) is 17.1. The standard InChI is InChI=1S/C21H19Cl2N5O3S/c1-3-28-18(13-6-9-15(22)16(23)10-13)19(29)17(27-28)11(2)25-26-21(32)24-14-7-4-12(5-8-14)20(30)31/h4-10,29H,3H2,1-2H3,(H,30,31)(H2,24,26,32)/b25-11-. The van der Waals surface area contributed by atoms with Crippen LogP contribution in [0.1, 0.15) is 29.9 Å². The van der Waals surface area contributed by atoms with Gasteiger partial charge >= 0.3 is 5.97 Å². The number of aromatic carboxylic acids is 1. The Morgan fingerprint density at radius 1 is 1.19 bits per heavy atom. The van der Waals surface area contributed by atoms with Crippen molar-refractivity contribution in [2.24, 2.45) is 5.10 Å². The number of hydrogen-bond donors (Lipinski definition) is 4. The predicted molar refractivity (Wildman–Crippen MR) is 130 cm³/mol. The summed E-state index contributed by atoms with van der Waals surface area (Å²) in [6.45, 7) is 4.09. The van der Waals surface area contributed by atoms with E-state index in [-0.39, 0.29) is 22.1 Å². The molecular formula is C21H19Cl2N5O3S. The lowest BCUT2D eigenvalue weighted by Crippen LogP contribution is -2.25. The minimum atomic E-state index is -1.01. The molecule has 3 rings (SSSR count). The SMILES string of the molecule is CCn1nc(/C(C)=N\NC(=S)Nc2ccc(C(=O)O)cc2)c(O)c1-c1ccc(Cl)c(Cl)c1. The Morgan fingerprint density at radius 2 is 1.88 bits per heavy atom. The summed E-state index contributed by atoms with van der Waals surface area (Å²) in [5, 5.41) is 32.3. The van der Waals surface area contributed by atoms with Crippen LogP contribution in [0.3, 0.4) is 0 Å². The average Bonchev–Trinajstić information content (AvgIpc) is 3.10. The third-order valence-corrected chi connectivity index (χ3v) is 5.41. The molecule has 3 aromatic rings. The van der Waals surface area contributed by atoms with E-state index in [0.29, 0.717) is 39.2 Å². The molecule has 0 atom stereocenters. The molecule has 0 saturated carbocycles. The van der Waals surface area contributed by atoms with Crippen LogP contribution in [-0.2, 0) is 6.54 Å². The molecule has 0 saturated heterocycles. The first-order valence-electron chi connectivity index (χ1n) is 9.41. The molecule has 0 bridgehead atoms. The van der Waals surface area contributed by atoms with Crippen molar-refractivity contribution in [1.29, 1.82) is 0 Å². The fourth-order valence-electron chi connectivity index (χ4n) is 2.90. The summed E-state index contributed by atoms with van der Waals surface area (Å²) in [6.07, 6.45) is 0. The second kappa shape index (κ2) is 9.99. The van der Waals surface area contributed by atoms with E-state index in [1.807, 2.05) is 6.92 Å². The molecule has 4 N–H and O–H groups in total. The highest BCUT2D eigenvalue weighted by molar-refractivity contribution is 7.80. The van der Waals surface area contributed by atoms with E-state index in [1.54, 1.807) is 41.9 Å². The van der Waals surface area contributed by atoms with Crippen LogP contribution in [-0.4, -0.2) is 36.8 Å². The molecule has 0 aliphatic heterocycles. The summed E-state index contributed by atoms with van der Waals surface area (Å²) >= 11 is 17.3. The highest BCUT2D eigenvalue weighted by Gasteiger charge is 2.21. The zero-order chi connectivity index (χ0) is 23.4. The van der Waals surface area contributed by atoms with Crippen molar-refractivity contribution in [1.82, 2.24) is 15.2 Å². The van der Waals surface area contributed by atoms with Gasteiger partial charge in [-0.2, -0.15) is 10.2 Å². The zero-order valence-corrected chi connectivity index (χ0v) is 19.4. The first kappa shape index (κ1) is 23.5. The lowest BCUT2D eigenvalue weighted by atomic mass is 10.1. The molecular weight excluding hydrogens is 473 g/mol. The number of hydrogen-bond acceptors (Lipinski definition) is 5. The highest BCUT2D eigenvalue weighted by Crippen LogP contribution is 2.35. The number of thiocarbonyl (C=S) groups is 1. The number of anilines is 1. The molecule has 8 nitrogen and oxygen atoms in total. The Morgan fingerprint density at radius 3 is 2.47 bits per heavy atom. The van der Waals surface area contributed by atoms with Gasteiger partial charge in [0.25, 0.3) is 0 Å². The number of aromatic nitrogens is 2. The number of nitrogens with zero attached hydrogens (tertiary/aromatic N) is 3. The van der Waals surface area contributed by atoms with Crippen LogP contribution in [0.4, 0.5) is 5.69 Å². The number of aromatic hydroxyl groups is 1. The van der Waals surface area contributed by atoms with Gasteiger partial charge in [0.15, 0.2) is 16.6 Å². The van der Waals surface area contributed by atoms with E-state index >= 15 is 0 Å². The van der Waals surface area contributed by atoms with Gasteiger partial charge in [0, 0.05) is 17.8 Å². The van der Waals surface area contributed by atoms with Gasteiger partial charge in [0.2, 0.25) is 0 Å². The maximum atomic E-state index is 10.9. The predicted octanol–water partition coefficient (Wildman–Crippen LogP) is 4.99. The molecule has 0 unspecified atom stereocenters. The lowest BCUT2D eigenvalue weighted by Gasteiger charge is -2.08. The largest absolute Gasteiger partial charge is 0.504 e. The molecule has 2 aromatic carbocycles. The van der Waals surface area contributed by atoms with Gasteiger partial charge < -0.3 is 15.5 Å². The molecule has 1 heterocycles. The van der Waals surface area contributed by atoms with Crippen LogP contribution in [0.2, 0.25) is 10.0 Å². The minimum Gasteiger partial charge on any atom is -0.504 e. The molecule has 0 aliphatic carbocycles. The Hall–Kier alpha value is -3.14. The van der Waals surface area contributed by atoms with Crippen molar-refractivity contribution in [2.45, 2.75) is 20.4 Å². The van der Waals surface area contributed by atoms with Crippen molar-refractivity contribution in [3.63, 3.8) is 0 Å². The molecule has 1 aromatic heterocycles. The molecule has 0 amide bonds. The summed E-state index contributed by atoms with van der Waals surface area (Å²) in [6, 6.07) is 11.2. The van der Waals surface area contributed by atoms with Gasteiger partial charge in [0.1, 0.15) is 5.69 Å². The van der Waals surface area contributed by atoms with Crippen molar-refractivity contribution in [2.75, 3.05) is 5.32 Å². The van der Waals surface area contributed by atoms with Gasteiger partial charge in [-0.05, 0) is 62.5 Å². The maximum Gasteiger partial charge on any atom is 0.335 e. The number of carboxylic acid groups (broad SMARTS) is 1. The minimum absolute atomic E-state index is 0.0450. The molecule has 0 spiro atoms. The van der Waals surface area contributed by atoms with Crippen LogP contribution in [0.15, 0.2) is 47.6 Å². The van der Waals surface area contributed by atoms with Crippen LogP contribution in [0.25, 0.3) is 11.3 Å². The summed E-state index contributed by atoms with van der Waals surface area (Å²) < 4.78 is 1.64. The molecule has 0 radical (unpaired) electrons. The molecule has 0 aliphatic rings. The van der Waals surface area contributed by atoms with E-state index in [1.165, 1.54) is 12.1 Å². The number of carbonyl (C=O) groups is 1. The average molecular weight is 492 g/mol. The number of carboxylic acids is 1. The second-order valence-corrected chi connectivity index (χ2v) is 7.86.